The van der Waals surface area contributed by atoms with Crippen molar-refractivity contribution in [1.29, 1.82) is 0 Å². The molecule has 0 aliphatic carbocycles. The number of fused-ring (bicyclic) bond motifs is 5. The van der Waals surface area contributed by atoms with Gasteiger partial charge in [0, 0.05) is 42.6 Å². The number of aryl methyl sites for hydroxylation is 1. The average molecular weight is 670 g/mol. The van der Waals surface area contributed by atoms with Crippen molar-refractivity contribution < 1.29 is 23.5 Å². The Kier molecular flexibility index (Phi) is 10.1. The molecule has 2 amide bonds. The quantitative estimate of drug-likeness (QED) is 0.114. The molecule has 3 saturated heterocycles. The Morgan fingerprint density at radius 2 is 1.56 bits per heavy atom. The summed E-state index contributed by atoms with van der Waals surface area (Å²) in [5.74, 6) is 0.0102. The van der Waals surface area contributed by atoms with Crippen LogP contribution in [0.15, 0.2) is 72.8 Å². The third-order valence-electron chi connectivity index (χ3n) is 10.8. The molecule has 2 bridgehead atoms. The molecule has 48 heavy (non-hydrogen) atoms. The molecular formula is C39H51N3O5Si. The van der Waals surface area contributed by atoms with Gasteiger partial charge >= 0.3 is 6.09 Å². The third-order valence-corrected chi connectivity index (χ3v) is 15.3. The molecule has 1 unspecified atom stereocenters. The van der Waals surface area contributed by atoms with E-state index < -0.39 is 14.4 Å². The minimum absolute atomic E-state index is 0.0102. The van der Waals surface area contributed by atoms with Gasteiger partial charge in [-0.2, -0.15) is 0 Å². The Labute approximate surface area is 286 Å². The highest BCUT2D eigenvalue weighted by molar-refractivity contribution is 6.74. The second-order valence-electron chi connectivity index (χ2n) is 15.2. The molecule has 6 rings (SSSR count). The Morgan fingerprint density at radius 3 is 2.23 bits per heavy atom. The summed E-state index contributed by atoms with van der Waals surface area (Å²) in [6, 6.07) is 24.9. The average Bonchev–Trinajstić information content (AvgIpc) is 3.81. The number of amides is 2. The number of anilines is 2. The molecule has 8 nitrogen and oxygen atoms in total. The maximum atomic E-state index is 13.2. The second-order valence-corrected chi connectivity index (χ2v) is 20.0. The first kappa shape index (κ1) is 34.4. The number of unbranched alkanes of at least 4 members (excludes halogenated alkanes) is 1. The van der Waals surface area contributed by atoms with Crippen LogP contribution in [0.25, 0.3) is 11.1 Å². The molecule has 3 aromatic rings. The molecule has 256 valence electrons. The van der Waals surface area contributed by atoms with Crippen molar-refractivity contribution in [3.05, 3.63) is 83.9 Å². The Balaban J connectivity index is 0.987. The summed E-state index contributed by atoms with van der Waals surface area (Å²) in [5.41, 5.74) is 5.73. The van der Waals surface area contributed by atoms with Crippen molar-refractivity contribution in [2.45, 2.75) is 114 Å². The first-order valence-electron chi connectivity index (χ1n) is 17.4. The fourth-order valence-electron chi connectivity index (χ4n) is 6.81. The van der Waals surface area contributed by atoms with Crippen molar-refractivity contribution in [2.24, 2.45) is 0 Å². The lowest BCUT2D eigenvalue weighted by Crippen LogP contribution is -2.48. The van der Waals surface area contributed by atoms with Gasteiger partial charge in [0.05, 0.1) is 12.3 Å². The molecule has 3 aliphatic rings. The molecule has 5 atom stereocenters. The Bertz CT molecular complexity index is 1570. The minimum Gasteiger partial charge on any atom is -0.446 e. The zero-order valence-corrected chi connectivity index (χ0v) is 30.3. The van der Waals surface area contributed by atoms with Gasteiger partial charge in [-0.15, -0.1) is 0 Å². The highest BCUT2D eigenvalue weighted by Gasteiger charge is 2.62. The van der Waals surface area contributed by atoms with Crippen molar-refractivity contribution in [1.82, 2.24) is 4.90 Å². The summed E-state index contributed by atoms with van der Waals surface area (Å²) < 4.78 is 18.1. The Hall–Kier alpha value is -3.50. The van der Waals surface area contributed by atoms with Crippen LogP contribution in [0.5, 0.6) is 0 Å². The number of rotatable bonds is 12. The predicted octanol–water partition coefficient (Wildman–Crippen LogP) is 8.39. The van der Waals surface area contributed by atoms with E-state index in [1.807, 2.05) is 60.7 Å². The van der Waals surface area contributed by atoms with Crippen LogP contribution < -0.4 is 10.6 Å². The van der Waals surface area contributed by atoms with Crippen LogP contribution in [0, 0.1) is 0 Å². The monoisotopic (exact) mass is 669 g/mol. The van der Waals surface area contributed by atoms with Gasteiger partial charge in [0.2, 0.25) is 5.91 Å². The molecule has 3 heterocycles. The van der Waals surface area contributed by atoms with Crippen LogP contribution in [0.2, 0.25) is 18.1 Å². The number of likely N-dealkylation sites (N-methyl/N-ethyl adjacent to an activating group) is 1. The topological polar surface area (TPSA) is 92.4 Å². The van der Waals surface area contributed by atoms with Crippen molar-refractivity contribution >= 4 is 31.7 Å². The summed E-state index contributed by atoms with van der Waals surface area (Å²) in [5, 5.41) is 6.26. The largest absolute Gasteiger partial charge is 0.446 e. The lowest BCUT2D eigenvalue weighted by atomic mass is 9.99. The number of hydrogen-bond donors (Lipinski definition) is 2. The number of nitrogens with one attached hydrogen (secondary N) is 2. The molecule has 3 aromatic carbocycles. The number of hydrogen-bond acceptors (Lipinski definition) is 6. The highest BCUT2D eigenvalue weighted by atomic mass is 28.4. The molecule has 9 heteroatoms. The highest BCUT2D eigenvalue weighted by Crippen LogP contribution is 2.48. The van der Waals surface area contributed by atoms with E-state index in [9.17, 15) is 9.59 Å². The fraction of sp³-hybridized carbons (Fsp3) is 0.487. The normalized spacial score (nSPS) is 23.3. The minimum atomic E-state index is -1.81. The van der Waals surface area contributed by atoms with Gasteiger partial charge in [0.15, 0.2) is 8.32 Å². The van der Waals surface area contributed by atoms with Crippen LogP contribution in [0.4, 0.5) is 16.2 Å². The summed E-state index contributed by atoms with van der Waals surface area (Å²) in [4.78, 5) is 28.3. The number of carbonyl (C=O) groups excluding carboxylic acids is 2. The van der Waals surface area contributed by atoms with Gasteiger partial charge in [-0.25, -0.2) is 4.79 Å². The zero-order valence-electron chi connectivity index (χ0n) is 29.3. The van der Waals surface area contributed by atoms with Gasteiger partial charge in [-0.1, -0.05) is 75.4 Å². The van der Waals surface area contributed by atoms with E-state index in [2.05, 4.69) is 68.6 Å². The van der Waals surface area contributed by atoms with Gasteiger partial charge in [0.25, 0.3) is 0 Å². The number of ether oxygens (including phenoxy) is 2. The lowest BCUT2D eigenvalue weighted by Gasteiger charge is -2.37. The zero-order chi connectivity index (χ0) is 34.1. The number of benzene rings is 3. The lowest BCUT2D eigenvalue weighted by molar-refractivity contribution is -0.116. The molecule has 0 aromatic heterocycles. The van der Waals surface area contributed by atoms with E-state index in [0.29, 0.717) is 37.3 Å². The van der Waals surface area contributed by atoms with Crippen LogP contribution in [-0.4, -0.2) is 62.7 Å². The maximum absolute atomic E-state index is 13.2. The van der Waals surface area contributed by atoms with Crippen molar-refractivity contribution in [2.75, 3.05) is 17.7 Å². The first-order chi connectivity index (χ1) is 22.9. The fourth-order valence-corrected chi connectivity index (χ4v) is 7.77. The molecule has 3 fully saturated rings. The third kappa shape index (κ3) is 8.02. The van der Waals surface area contributed by atoms with E-state index in [-0.39, 0.29) is 17.0 Å². The van der Waals surface area contributed by atoms with Crippen LogP contribution in [0.3, 0.4) is 0 Å². The SMILES string of the molecule is CN1[C@@H]2CC(OC(=O)Nc3cc(CCCCC(=O)Nc4ccc(CO[Si](C)(C)C(C)(C)C)cc4)ccc3-c3ccccc3)C[C@H]1[C@@H]1O[C@@H]12. The molecule has 0 radical (unpaired) electrons. The molecule has 2 N–H and O–H groups in total. The molecule has 0 saturated carbocycles. The van der Waals surface area contributed by atoms with Gasteiger partial charge in [-0.05, 0) is 79.3 Å². The van der Waals surface area contributed by atoms with E-state index >= 15 is 0 Å². The number of carbonyl (C=O) groups is 2. The summed E-state index contributed by atoms with van der Waals surface area (Å²) >= 11 is 0. The number of morpholine rings is 1. The van der Waals surface area contributed by atoms with E-state index in [0.717, 1.165) is 65.7 Å². The smallest absolute Gasteiger partial charge is 0.411 e. The van der Waals surface area contributed by atoms with E-state index in [1.165, 1.54) is 0 Å². The summed E-state index contributed by atoms with van der Waals surface area (Å²) in [6.07, 6.45) is 4.55. The number of nitrogens with zero attached hydrogens (tertiary/aromatic N) is 1. The predicted molar refractivity (Wildman–Crippen MR) is 194 cm³/mol. The van der Waals surface area contributed by atoms with Crippen LogP contribution in [-0.2, 0) is 31.7 Å². The van der Waals surface area contributed by atoms with Crippen molar-refractivity contribution in [3.63, 3.8) is 0 Å². The number of epoxide rings is 1. The van der Waals surface area contributed by atoms with Crippen LogP contribution in [0.1, 0.15) is 64.0 Å². The summed E-state index contributed by atoms with van der Waals surface area (Å²) in [7, 11) is 0.338. The van der Waals surface area contributed by atoms with E-state index in [1.54, 1.807) is 0 Å². The molecule has 3 aliphatic heterocycles. The van der Waals surface area contributed by atoms with Gasteiger partial charge in [-0.3, -0.25) is 15.0 Å². The molecular weight excluding hydrogens is 619 g/mol. The van der Waals surface area contributed by atoms with Crippen LogP contribution >= 0.6 is 0 Å². The standard InChI is InChI=1S/C39H51N3O5Si/c1-39(2,3)48(5,6)45-25-27-16-19-29(20-17-27)40-35(43)15-11-10-12-26-18-21-31(28-13-8-7-9-14-28)32(22-26)41-38(44)46-30-23-33-36-37(47-36)34(24-30)42(33)4/h7-9,13-14,16-22,30,33-34,36-37H,10-12,15,23-25H2,1-6H3,(H,40,43)(H,41,44)/t30?,33-,34+,36-,37+. The Morgan fingerprint density at radius 1 is 0.896 bits per heavy atom. The van der Waals surface area contributed by atoms with Gasteiger partial charge < -0.3 is 19.2 Å². The van der Waals surface area contributed by atoms with Crippen molar-refractivity contribution in [3.8, 4) is 11.1 Å². The summed E-state index contributed by atoms with van der Waals surface area (Å²) in [6.45, 7) is 11.8. The number of piperidine rings is 1. The molecule has 0 spiro atoms. The first-order valence-corrected chi connectivity index (χ1v) is 20.3. The van der Waals surface area contributed by atoms with Gasteiger partial charge in [0.1, 0.15) is 18.3 Å². The van der Waals surface area contributed by atoms with E-state index in [4.69, 9.17) is 13.9 Å². The second kappa shape index (κ2) is 14.2. The maximum Gasteiger partial charge on any atom is 0.411 e.